The van der Waals surface area contributed by atoms with E-state index in [9.17, 15) is 9.59 Å². The van der Waals surface area contributed by atoms with Gasteiger partial charge in [-0.15, -0.1) is 10.2 Å². The molecule has 1 N–H and O–H groups in total. The first-order valence-corrected chi connectivity index (χ1v) is 8.22. The van der Waals surface area contributed by atoms with Crippen molar-refractivity contribution in [1.82, 2.24) is 10.2 Å². The SMILES string of the molecule is O=COc1cccc(C(=O)Nc2cccc(-c3nnc(-c4ccco4)o3)c2)c1. The minimum absolute atomic E-state index is 0.265. The summed E-state index contributed by atoms with van der Waals surface area (Å²) in [7, 11) is 0. The van der Waals surface area contributed by atoms with E-state index in [1.54, 1.807) is 54.6 Å². The highest BCUT2D eigenvalue weighted by Gasteiger charge is 2.13. The van der Waals surface area contributed by atoms with Crippen LogP contribution in [-0.4, -0.2) is 22.6 Å². The van der Waals surface area contributed by atoms with Gasteiger partial charge in [0.15, 0.2) is 5.76 Å². The molecule has 2 aromatic carbocycles. The Labute approximate surface area is 158 Å². The number of nitrogens with zero attached hydrogens (tertiary/aromatic N) is 2. The van der Waals surface area contributed by atoms with Crippen molar-refractivity contribution >= 4 is 18.1 Å². The molecule has 0 saturated carbocycles. The van der Waals surface area contributed by atoms with Crippen LogP contribution < -0.4 is 10.1 Å². The summed E-state index contributed by atoms with van der Waals surface area (Å²) in [5.41, 5.74) is 1.53. The zero-order valence-corrected chi connectivity index (χ0v) is 14.4. The van der Waals surface area contributed by atoms with Crippen molar-refractivity contribution in [1.29, 1.82) is 0 Å². The molecule has 0 radical (unpaired) electrons. The van der Waals surface area contributed by atoms with E-state index in [2.05, 4.69) is 15.5 Å². The molecule has 8 nitrogen and oxygen atoms in total. The van der Waals surface area contributed by atoms with Crippen LogP contribution in [0.15, 0.2) is 75.8 Å². The summed E-state index contributed by atoms with van der Waals surface area (Å²) in [4.78, 5) is 22.9. The predicted octanol–water partition coefficient (Wildman–Crippen LogP) is 3.78. The average Bonchev–Trinajstić information content (AvgIpc) is 3.40. The van der Waals surface area contributed by atoms with E-state index in [0.29, 0.717) is 34.9 Å². The van der Waals surface area contributed by atoms with Crippen molar-refractivity contribution in [3.63, 3.8) is 0 Å². The van der Waals surface area contributed by atoms with E-state index in [-0.39, 0.29) is 17.5 Å². The molecule has 4 aromatic rings. The summed E-state index contributed by atoms with van der Waals surface area (Å²) in [6.07, 6.45) is 1.52. The van der Waals surface area contributed by atoms with E-state index >= 15 is 0 Å². The molecule has 138 valence electrons. The zero-order valence-electron chi connectivity index (χ0n) is 14.4. The number of carbonyl (C=O) groups excluding carboxylic acids is 2. The Bertz CT molecular complexity index is 1120. The summed E-state index contributed by atoms with van der Waals surface area (Å²) < 4.78 is 15.6. The number of hydrogen-bond donors (Lipinski definition) is 1. The first kappa shape index (κ1) is 17.2. The number of furan rings is 1. The molecular formula is C20H13N3O5. The normalized spacial score (nSPS) is 10.4. The van der Waals surface area contributed by atoms with E-state index in [1.807, 2.05) is 0 Å². The first-order chi connectivity index (χ1) is 13.7. The van der Waals surface area contributed by atoms with Crippen LogP contribution in [0, 0.1) is 0 Å². The molecule has 0 aliphatic rings. The molecule has 4 rings (SSSR count). The lowest BCUT2D eigenvalue weighted by Crippen LogP contribution is -2.12. The lowest BCUT2D eigenvalue weighted by molar-refractivity contribution is -0.120. The quantitative estimate of drug-likeness (QED) is 0.511. The summed E-state index contributed by atoms with van der Waals surface area (Å²) >= 11 is 0. The van der Waals surface area contributed by atoms with Crippen molar-refractivity contribution in [2.24, 2.45) is 0 Å². The van der Waals surface area contributed by atoms with Gasteiger partial charge in [-0.25, -0.2) is 0 Å². The van der Waals surface area contributed by atoms with Crippen molar-refractivity contribution in [2.45, 2.75) is 0 Å². The highest BCUT2D eigenvalue weighted by atomic mass is 16.5. The van der Waals surface area contributed by atoms with Gasteiger partial charge in [0, 0.05) is 16.8 Å². The third kappa shape index (κ3) is 3.65. The van der Waals surface area contributed by atoms with Crippen LogP contribution >= 0.6 is 0 Å². The van der Waals surface area contributed by atoms with Gasteiger partial charge in [-0.3, -0.25) is 9.59 Å². The smallest absolute Gasteiger partial charge is 0.298 e. The third-order valence-corrected chi connectivity index (χ3v) is 3.80. The molecule has 0 saturated heterocycles. The maximum atomic E-state index is 12.5. The number of nitrogens with one attached hydrogen (secondary N) is 1. The summed E-state index contributed by atoms with van der Waals surface area (Å²) in [6, 6.07) is 16.7. The van der Waals surface area contributed by atoms with Crippen molar-refractivity contribution in [3.8, 4) is 28.9 Å². The van der Waals surface area contributed by atoms with Crippen molar-refractivity contribution < 1.29 is 23.2 Å². The number of ether oxygens (including phenoxy) is 1. The molecule has 8 heteroatoms. The topological polar surface area (TPSA) is 107 Å². The second-order valence-corrected chi connectivity index (χ2v) is 5.67. The van der Waals surface area contributed by atoms with Gasteiger partial charge in [-0.05, 0) is 48.5 Å². The number of aromatic nitrogens is 2. The van der Waals surface area contributed by atoms with Crippen LogP contribution in [0.5, 0.6) is 5.75 Å². The number of anilines is 1. The molecule has 2 aromatic heterocycles. The average molecular weight is 375 g/mol. The Kier molecular flexibility index (Phi) is 4.67. The molecule has 28 heavy (non-hydrogen) atoms. The summed E-state index contributed by atoms with van der Waals surface area (Å²) in [6.45, 7) is 0.307. The standard InChI is InChI=1S/C20H13N3O5/c24-12-27-16-7-2-4-13(11-16)18(25)21-15-6-1-5-14(10-15)19-22-23-20(28-19)17-8-3-9-26-17/h1-12H,(H,21,25). The molecule has 0 atom stereocenters. The molecule has 0 fully saturated rings. The Balaban J connectivity index is 1.53. The molecule has 2 heterocycles. The van der Waals surface area contributed by atoms with Gasteiger partial charge in [0.25, 0.3) is 18.3 Å². The van der Waals surface area contributed by atoms with E-state index in [0.717, 1.165) is 0 Å². The van der Waals surface area contributed by atoms with Gasteiger partial charge in [0.05, 0.1) is 6.26 Å². The Hall–Kier alpha value is -4.20. The molecule has 1 amide bonds. The van der Waals surface area contributed by atoms with Crippen LogP contribution in [0.3, 0.4) is 0 Å². The van der Waals surface area contributed by atoms with E-state index in [4.69, 9.17) is 13.6 Å². The first-order valence-electron chi connectivity index (χ1n) is 8.22. The largest absolute Gasteiger partial charge is 0.459 e. The fraction of sp³-hybridized carbons (Fsp3) is 0. The second-order valence-electron chi connectivity index (χ2n) is 5.67. The van der Waals surface area contributed by atoms with Gasteiger partial charge >= 0.3 is 0 Å². The van der Waals surface area contributed by atoms with Gasteiger partial charge in [-0.2, -0.15) is 0 Å². The molecule has 0 aliphatic carbocycles. The fourth-order valence-corrected chi connectivity index (χ4v) is 2.54. The maximum Gasteiger partial charge on any atom is 0.298 e. The Morgan fingerprint density at radius 3 is 2.68 bits per heavy atom. The fourth-order valence-electron chi connectivity index (χ4n) is 2.54. The van der Waals surface area contributed by atoms with Gasteiger partial charge in [0.1, 0.15) is 5.75 Å². The van der Waals surface area contributed by atoms with Gasteiger partial charge in [0.2, 0.25) is 5.89 Å². The minimum Gasteiger partial charge on any atom is -0.459 e. The molecule has 0 spiro atoms. The summed E-state index contributed by atoms with van der Waals surface area (Å²) in [5, 5.41) is 10.8. The molecular weight excluding hydrogens is 362 g/mol. The zero-order chi connectivity index (χ0) is 19.3. The van der Waals surface area contributed by atoms with Gasteiger partial charge < -0.3 is 18.9 Å². The van der Waals surface area contributed by atoms with Crippen LogP contribution in [-0.2, 0) is 4.79 Å². The number of benzene rings is 2. The summed E-state index contributed by atoms with van der Waals surface area (Å²) in [5.74, 6) is 0.967. The lowest BCUT2D eigenvalue weighted by Gasteiger charge is -2.07. The molecule has 0 unspecified atom stereocenters. The van der Waals surface area contributed by atoms with Crippen molar-refractivity contribution in [3.05, 3.63) is 72.5 Å². The number of rotatable bonds is 6. The van der Waals surface area contributed by atoms with Crippen LogP contribution in [0.2, 0.25) is 0 Å². The monoisotopic (exact) mass is 375 g/mol. The van der Waals surface area contributed by atoms with E-state index in [1.165, 1.54) is 12.3 Å². The molecule has 0 aliphatic heterocycles. The van der Waals surface area contributed by atoms with E-state index < -0.39 is 0 Å². The highest BCUT2D eigenvalue weighted by Crippen LogP contribution is 2.26. The number of hydrogen-bond acceptors (Lipinski definition) is 7. The number of carbonyl (C=O) groups is 2. The molecule has 0 bridgehead atoms. The van der Waals surface area contributed by atoms with Crippen LogP contribution in [0.1, 0.15) is 10.4 Å². The van der Waals surface area contributed by atoms with Crippen molar-refractivity contribution in [2.75, 3.05) is 5.32 Å². The Morgan fingerprint density at radius 2 is 1.86 bits per heavy atom. The third-order valence-electron chi connectivity index (χ3n) is 3.80. The van der Waals surface area contributed by atoms with Crippen LogP contribution in [0.4, 0.5) is 5.69 Å². The second kappa shape index (κ2) is 7.58. The van der Waals surface area contributed by atoms with Crippen LogP contribution in [0.25, 0.3) is 23.1 Å². The maximum absolute atomic E-state index is 12.5. The lowest BCUT2D eigenvalue weighted by atomic mass is 10.1. The number of amides is 1. The minimum atomic E-state index is -0.352. The Morgan fingerprint density at radius 1 is 1.00 bits per heavy atom. The van der Waals surface area contributed by atoms with Gasteiger partial charge in [-0.1, -0.05) is 12.1 Å². The highest BCUT2D eigenvalue weighted by molar-refractivity contribution is 6.04. The predicted molar refractivity (Wildman–Crippen MR) is 98.5 cm³/mol.